The molecule has 18 heavy (non-hydrogen) atoms. The average molecular weight is 272 g/mol. The number of aryl methyl sites for hydroxylation is 1. The largest absolute Gasteiger partial charge is 0.335 e. The van der Waals surface area contributed by atoms with Crippen molar-refractivity contribution in [2.45, 2.75) is 44.9 Å². The number of sulfone groups is 1. The van der Waals surface area contributed by atoms with Gasteiger partial charge in [-0.25, -0.2) is 13.4 Å². The molecular weight excluding hydrogens is 252 g/mol. The second kappa shape index (κ2) is 5.22. The number of carbonyl (C=O) groups excluding carboxylic acids is 1. The molecule has 0 aliphatic heterocycles. The standard InChI is InChI=1S/C12H20N2O3S/c1-5-7-14-8-6-13-11(14)9-10(15)12(2,3)18(4,16)17/h6,8H,5,7,9H2,1-4H3. The highest BCUT2D eigenvalue weighted by atomic mass is 32.2. The summed E-state index contributed by atoms with van der Waals surface area (Å²) in [6.07, 6.45) is 5.51. The van der Waals surface area contributed by atoms with Gasteiger partial charge < -0.3 is 4.57 Å². The highest BCUT2D eigenvalue weighted by Crippen LogP contribution is 2.18. The van der Waals surface area contributed by atoms with Crippen molar-refractivity contribution >= 4 is 15.6 Å². The summed E-state index contributed by atoms with van der Waals surface area (Å²) < 4.78 is 23.7. The number of ketones is 1. The zero-order valence-corrected chi connectivity index (χ0v) is 12.1. The highest BCUT2D eigenvalue weighted by molar-refractivity contribution is 7.92. The number of hydrogen-bond donors (Lipinski definition) is 0. The van der Waals surface area contributed by atoms with Crippen LogP contribution in [-0.4, -0.2) is 34.8 Å². The summed E-state index contributed by atoms with van der Waals surface area (Å²) in [7, 11) is -3.42. The van der Waals surface area contributed by atoms with Crippen molar-refractivity contribution in [3.05, 3.63) is 18.2 Å². The van der Waals surface area contributed by atoms with Gasteiger partial charge in [0.15, 0.2) is 15.6 Å². The van der Waals surface area contributed by atoms with E-state index in [0.717, 1.165) is 19.2 Å². The Hall–Kier alpha value is -1.17. The predicted octanol–water partition coefficient (Wildman–Crippen LogP) is 1.23. The Labute approximate surface area is 108 Å². The Bertz CT molecular complexity index is 529. The molecule has 0 atom stereocenters. The van der Waals surface area contributed by atoms with E-state index in [1.165, 1.54) is 13.8 Å². The van der Waals surface area contributed by atoms with E-state index in [0.29, 0.717) is 5.82 Å². The van der Waals surface area contributed by atoms with E-state index in [-0.39, 0.29) is 12.2 Å². The zero-order chi connectivity index (χ0) is 14.0. The summed E-state index contributed by atoms with van der Waals surface area (Å²) in [4.78, 5) is 16.2. The third-order valence-corrected chi connectivity index (χ3v) is 5.27. The smallest absolute Gasteiger partial charge is 0.160 e. The molecule has 1 aromatic heterocycles. The molecule has 1 heterocycles. The van der Waals surface area contributed by atoms with E-state index in [9.17, 15) is 13.2 Å². The highest BCUT2D eigenvalue weighted by Gasteiger charge is 2.38. The molecule has 5 nitrogen and oxygen atoms in total. The molecule has 0 saturated heterocycles. The molecule has 0 saturated carbocycles. The van der Waals surface area contributed by atoms with Crippen LogP contribution in [0.1, 0.15) is 33.0 Å². The molecule has 0 spiro atoms. The first-order valence-electron chi connectivity index (χ1n) is 5.93. The fraction of sp³-hybridized carbons (Fsp3) is 0.667. The van der Waals surface area contributed by atoms with Crippen LogP contribution in [0.5, 0.6) is 0 Å². The third-order valence-electron chi connectivity index (χ3n) is 3.18. The van der Waals surface area contributed by atoms with Crippen LogP contribution in [0, 0.1) is 0 Å². The van der Waals surface area contributed by atoms with Crippen LogP contribution in [0.3, 0.4) is 0 Å². The first-order valence-corrected chi connectivity index (χ1v) is 7.82. The van der Waals surface area contributed by atoms with Gasteiger partial charge in [-0.15, -0.1) is 0 Å². The summed E-state index contributed by atoms with van der Waals surface area (Å²) in [5.41, 5.74) is 0. The van der Waals surface area contributed by atoms with Crippen molar-refractivity contribution in [1.82, 2.24) is 9.55 Å². The first kappa shape index (κ1) is 14.9. The van der Waals surface area contributed by atoms with Gasteiger partial charge in [-0.05, 0) is 20.3 Å². The molecule has 0 unspecified atom stereocenters. The fourth-order valence-electron chi connectivity index (χ4n) is 1.51. The summed E-state index contributed by atoms with van der Waals surface area (Å²) >= 11 is 0. The van der Waals surface area contributed by atoms with Gasteiger partial charge in [0, 0.05) is 25.2 Å². The maximum Gasteiger partial charge on any atom is 0.160 e. The Morgan fingerprint density at radius 3 is 2.56 bits per heavy atom. The van der Waals surface area contributed by atoms with E-state index in [2.05, 4.69) is 4.98 Å². The third kappa shape index (κ3) is 2.98. The summed E-state index contributed by atoms with van der Waals surface area (Å²) in [6.45, 7) is 5.70. The van der Waals surface area contributed by atoms with Gasteiger partial charge in [0.25, 0.3) is 0 Å². The molecule has 0 N–H and O–H groups in total. The van der Waals surface area contributed by atoms with Gasteiger partial charge in [0.1, 0.15) is 10.6 Å². The van der Waals surface area contributed by atoms with Crippen LogP contribution < -0.4 is 0 Å². The van der Waals surface area contributed by atoms with Gasteiger partial charge in [-0.1, -0.05) is 6.92 Å². The van der Waals surface area contributed by atoms with E-state index in [4.69, 9.17) is 0 Å². The molecule has 1 aromatic rings. The zero-order valence-electron chi connectivity index (χ0n) is 11.3. The predicted molar refractivity (Wildman–Crippen MR) is 70.2 cm³/mol. The number of rotatable bonds is 6. The maximum absolute atomic E-state index is 12.1. The average Bonchev–Trinajstić information content (AvgIpc) is 2.64. The molecule has 0 aliphatic carbocycles. The monoisotopic (exact) mass is 272 g/mol. The molecule has 0 bridgehead atoms. The van der Waals surface area contributed by atoms with Crippen LogP contribution in [0.25, 0.3) is 0 Å². The van der Waals surface area contributed by atoms with Crippen LogP contribution >= 0.6 is 0 Å². The van der Waals surface area contributed by atoms with Crippen LogP contribution in [-0.2, 0) is 27.6 Å². The number of imidazole rings is 1. The molecule has 0 aliphatic rings. The maximum atomic E-state index is 12.1. The normalized spacial score (nSPS) is 12.7. The number of hydrogen-bond acceptors (Lipinski definition) is 4. The molecule has 0 radical (unpaired) electrons. The lowest BCUT2D eigenvalue weighted by atomic mass is 10.1. The van der Waals surface area contributed by atoms with Crippen LogP contribution in [0.4, 0.5) is 0 Å². The van der Waals surface area contributed by atoms with E-state index < -0.39 is 14.6 Å². The number of Topliss-reactive ketones (excluding diaryl/α,β-unsaturated/α-hetero) is 1. The summed E-state index contributed by atoms with van der Waals surface area (Å²) in [5, 5.41) is 0. The van der Waals surface area contributed by atoms with Gasteiger partial charge in [-0.3, -0.25) is 4.79 Å². The van der Waals surface area contributed by atoms with Crippen molar-refractivity contribution in [2.75, 3.05) is 6.26 Å². The minimum absolute atomic E-state index is 0.0487. The Morgan fingerprint density at radius 1 is 1.44 bits per heavy atom. The molecule has 1 rings (SSSR count). The Kier molecular flexibility index (Phi) is 4.32. The molecule has 0 aromatic carbocycles. The van der Waals surface area contributed by atoms with Crippen molar-refractivity contribution in [2.24, 2.45) is 0 Å². The lowest BCUT2D eigenvalue weighted by Crippen LogP contribution is -2.41. The minimum atomic E-state index is -3.42. The Balaban J connectivity index is 2.92. The second-order valence-electron chi connectivity index (χ2n) is 4.92. The molecule has 0 fully saturated rings. The van der Waals surface area contributed by atoms with E-state index in [1.54, 1.807) is 12.4 Å². The lowest BCUT2D eigenvalue weighted by molar-refractivity contribution is -0.120. The molecular formula is C12H20N2O3S. The SMILES string of the molecule is CCCn1ccnc1CC(=O)C(C)(C)S(C)(=O)=O. The molecule has 102 valence electrons. The summed E-state index contributed by atoms with van der Waals surface area (Å²) in [6, 6.07) is 0. The number of aromatic nitrogens is 2. The topological polar surface area (TPSA) is 69.0 Å². The van der Waals surface area contributed by atoms with Gasteiger partial charge in [0.2, 0.25) is 0 Å². The number of nitrogens with zero attached hydrogens (tertiary/aromatic N) is 2. The Morgan fingerprint density at radius 2 is 2.06 bits per heavy atom. The van der Waals surface area contributed by atoms with Gasteiger partial charge >= 0.3 is 0 Å². The van der Waals surface area contributed by atoms with Crippen molar-refractivity contribution in [3.63, 3.8) is 0 Å². The van der Waals surface area contributed by atoms with Crippen molar-refractivity contribution in [1.29, 1.82) is 0 Å². The van der Waals surface area contributed by atoms with Gasteiger partial charge in [-0.2, -0.15) is 0 Å². The fourth-order valence-corrected chi connectivity index (χ4v) is 2.00. The molecule has 0 amide bonds. The second-order valence-corrected chi connectivity index (χ2v) is 7.48. The van der Waals surface area contributed by atoms with Crippen molar-refractivity contribution < 1.29 is 13.2 Å². The molecule has 6 heteroatoms. The van der Waals surface area contributed by atoms with Crippen molar-refractivity contribution in [3.8, 4) is 0 Å². The summed E-state index contributed by atoms with van der Waals surface area (Å²) in [5.74, 6) is 0.298. The minimum Gasteiger partial charge on any atom is -0.335 e. The quantitative estimate of drug-likeness (QED) is 0.781. The van der Waals surface area contributed by atoms with Gasteiger partial charge in [0.05, 0.1) is 6.42 Å². The van der Waals surface area contributed by atoms with E-state index >= 15 is 0 Å². The number of carbonyl (C=O) groups is 1. The van der Waals surface area contributed by atoms with E-state index in [1.807, 2.05) is 11.5 Å². The first-order chi connectivity index (χ1) is 8.20. The van der Waals surface area contributed by atoms with Crippen LogP contribution in [0.15, 0.2) is 12.4 Å². The van der Waals surface area contributed by atoms with Crippen LogP contribution in [0.2, 0.25) is 0 Å². The lowest BCUT2D eigenvalue weighted by Gasteiger charge is -2.20.